The molecular formula is C13H22Cl2O4. The summed E-state index contributed by atoms with van der Waals surface area (Å²) >= 11 is 10.8. The molecule has 1 atom stereocenters. The fraction of sp³-hybridized carbons (Fsp3) is 0.846. The maximum Gasteiger partial charge on any atom is 0.306 e. The van der Waals surface area contributed by atoms with E-state index in [0.717, 1.165) is 25.7 Å². The van der Waals surface area contributed by atoms with E-state index in [9.17, 15) is 9.59 Å². The Bertz CT molecular complexity index is 269. The van der Waals surface area contributed by atoms with Crippen molar-refractivity contribution in [1.29, 1.82) is 0 Å². The molecule has 0 fully saturated rings. The Morgan fingerprint density at radius 3 is 2.32 bits per heavy atom. The average molecular weight is 313 g/mol. The molecule has 0 bridgehead atoms. The molecule has 0 saturated carbocycles. The normalized spacial score (nSPS) is 12.3. The number of rotatable bonds is 10. The Labute approximate surface area is 124 Å². The molecule has 0 N–H and O–H groups in total. The molecule has 0 heterocycles. The van der Waals surface area contributed by atoms with Crippen LogP contribution in [0.4, 0.5) is 0 Å². The highest BCUT2D eigenvalue weighted by molar-refractivity contribution is 6.44. The zero-order chi connectivity index (χ0) is 14.7. The lowest BCUT2D eigenvalue weighted by molar-refractivity contribution is -0.153. The first-order valence-electron chi connectivity index (χ1n) is 6.59. The third-order valence-electron chi connectivity index (χ3n) is 2.45. The van der Waals surface area contributed by atoms with Crippen LogP contribution in [0, 0.1) is 0 Å². The molecule has 4 nitrogen and oxygen atoms in total. The van der Waals surface area contributed by atoms with Gasteiger partial charge >= 0.3 is 11.9 Å². The van der Waals surface area contributed by atoms with E-state index >= 15 is 0 Å². The molecule has 0 aromatic heterocycles. The Morgan fingerprint density at radius 2 is 1.74 bits per heavy atom. The summed E-state index contributed by atoms with van der Waals surface area (Å²) in [5.41, 5.74) is 0. The van der Waals surface area contributed by atoms with E-state index in [2.05, 4.69) is 6.92 Å². The van der Waals surface area contributed by atoms with E-state index in [1.165, 1.54) is 0 Å². The Balaban J connectivity index is 3.65. The van der Waals surface area contributed by atoms with Gasteiger partial charge in [-0.1, -0.05) is 19.8 Å². The van der Waals surface area contributed by atoms with Crippen molar-refractivity contribution in [2.45, 2.75) is 63.3 Å². The van der Waals surface area contributed by atoms with E-state index in [1.54, 1.807) is 0 Å². The van der Waals surface area contributed by atoms with Gasteiger partial charge in [-0.2, -0.15) is 0 Å². The smallest absolute Gasteiger partial charge is 0.306 e. The molecule has 0 aromatic rings. The SMILES string of the molecule is CCCCCC(C)OC(=O)CCC(=O)OCC(Cl)Cl. The summed E-state index contributed by atoms with van der Waals surface area (Å²) in [6.45, 7) is 3.91. The van der Waals surface area contributed by atoms with Crippen LogP contribution in [0.3, 0.4) is 0 Å². The molecule has 0 aliphatic carbocycles. The second kappa shape index (κ2) is 11.4. The third kappa shape index (κ3) is 12.3. The number of ether oxygens (including phenoxy) is 2. The van der Waals surface area contributed by atoms with E-state index in [0.29, 0.717) is 0 Å². The van der Waals surface area contributed by atoms with Crippen LogP contribution in [0.2, 0.25) is 0 Å². The van der Waals surface area contributed by atoms with Crippen LogP contribution in [0.1, 0.15) is 52.4 Å². The maximum absolute atomic E-state index is 11.4. The van der Waals surface area contributed by atoms with E-state index < -0.39 is 10.8 Å². The standard InChI is InChI=1S/C13H22Cl2O4/c1-3-4-5-6-10(2)19-13(17)8-7-12(16)18-9-11(14)15/h10-11H,3-9H2,1-2H3. The van der Waals surface area contributed by atoms with Crippen molar-refractivity contribution < 1.29 is 19.1 Å². The highest BCUT2D eigenvalue weighted by atomic mass is 35.5. The summed E-state index contributed by atoms with van der Waals surface area (Å²) in [5, 5.41) is 0. The van der Waals surface area contributed by atoms with E-state index in [-0.39, 0.29) is 31.5 Å². The molecule has 0 spiro atoms. The lowest BCUT2D eigenvalue weighted by Gasteiger charge is -2.12. The number of esters is 2. The summed E-state index contributed by atoms with van der Waals surface area (Å²) in [5.74, 6) is -0.879. The van der Waals surface area contributed by atoms with Crippen LogP contribution in [-0.4, -0.2) is 29.5 Å². The third-order valence-corrected chi connectivity index (χ3v) is 2.70. The molecule has 0 rings (SSSR count). The Hall–Kier alpha value is -0.480. The number of halogens is 2. The highest BCUT2D eigenvalue weighted by Crippen LogP contribution is 2.08. The summed E-state index contributed by atoms with van der Waals surface area (Å²) in [6, 6.07) is 0. The van der Waals surface area contributed by atoms with E-state index in [1.807, 2.05) is 6.92 Å². The summed E-state index contributed by atoms with van der Waals surface area (Å²) < 4.78 is 9.90. The molecule has 0 amide bonds. The monoisotopic (exact) mass is 312 g/mol. The van der Waals surface area contributed by atoms with Gasteiger partial charge in [0.2, 0.25) is 0 Å². The first kappa shape index (κ1) is 18.5. The van der Waals surface area contributed by atoms with Crippen LogP contribution >= 0.6 is 23.2 Å². The predicted molar refractivity (Wildman–Crippen MR) is 75.4 cm³/mol. The largest absolute Gasteiger partial charge is 0.463 e. The molecule has 19 heavy (non-hydrogen) atoms. The molecular weight excluding hydrogens is 291 g/mol. The van der Waals surface area contributed by atoms with Crippen LogP contribution < -0.4 is 0 Å². The minimum absolute atomic E-state index is 0.0129. The number of carbonyl (C=O) groups is 2. The zero-order valence-corrected chi connectivity index (χ0v) is 13.0. The van der Waals surface area contributed by atoms with Crippen LogP contribution in [-0.2, 0) is 19.1 Å². The fourth-order valence-electron chi connectivity index (χ4n) is 1.46. The van der Waals surface area contributed by atoms with Crippen molar-refractivity contribution in [1.82, 2.24) is 0 Å². The lowest BCUT2D eigenvalue weighted by Crippen LogP contribution is -2.17. The minimum Gasteiger partial charge on any atom is -0.463 e. The van der Waals surface area contributed by atoms with Gasteiger partial charge in [0.1, 0.15) is 11.4 Å². The van der Waals surface area contributed by atoms with Crippen molar-refractivity contribution in [3.8, 4) is 0 Å². The lowest BCUT2D eigenvalue weighted by atomic mass is 10.1. The van der Waals surface area contributed by atoms with Gasteiger partial charge in [-0.25, -0.2) is 0 Å². The van der Waals surface area contributed by atoms with Crippen LogP contribution in [0.15, 0.2) is 0 Å². The molecule has 0 radical (unpaired) electrons. The summed E-state index contributed by atoms with van der Waals surface area (Å²) in [6.07, 6.45) is 4.06. The van der Waals surface area contributed by atoms with Gasteiger partial charge in [-0.05, 0) is 19.8 Å². The maximum atomic E-state index is 11.4. The minimum atomic E-state index is -0.741. The number of alkyl halides is 2. The molecule has 0 aromatic carbocycles. The zero-order valence-electron chi connectivity index (χ0n) is 11.5. The van der Waals surface area contributed by atoms with E-state index in [4.69, 9.17) is 32.7 Å². The summed E-state index contributed by atoms with van der Waals surface area (Å²) in [4.78, 5) is 21.9. The highest BCUT2D eigenvalue weighted by Gasteiger charge is 2.13. The second-order valence-electron chi connectivity index (χ2n) is 4.37. The van der Waals surface area contributed by atoms with Crippen molar-refractivity contribution in [3.63, 3.8) is 0 Å². The molecule has 0 aliphatic rings. The summed E-state index contributed by atoms with van der Waals surface area (Å²) in [7, 11) is 0. The van der Waals surface area contributed by atoms with Crippen molar-refractivity contribution in [2.24, 2.45) is 0 Å². The van der Waals surface area contributed by atoms with Crippen LogP contribution in [0.25, 0.3) is 0 Å². The van der Waals surface area contributed by atoms with Crippen molar-refractivity contribution in [2.75, 3.05) is 6.61 Å². The van der Waals surface area contributed by atoms with Gasteiger partial charge in [0.25, 0.3) is 0 Å². The second-order valence-corrected chi connectivity index (χ2v) is 5.65. The van der Waals surface area contributed by atoms with Gasteiger partial charge < -0.3 is 9.47 Å². The predicted octanol–water partition coefficient (Wildman–Crippen LogP) is 3.63. The number of hydrogen-bond donors (Lipinski definition) is 0. The first-order valence-corrected chi connectivity index (χ1v) is 7.46. The van der Waals surface area contributed by atoms with Gasteiger partial charge in [0.15, 0.2) is 0 Å². The molecule has 112 valence electrons. The Kier molecular flexibility index (Phi) is 11.1. The molecule has 0 saturated heterocycles. The number of carbonyl (C=O) groups excluding carboxylic acids is 2. The Morgan fingerprint density at radius 1 is 1.11 bits per heavy atom. The molecule has 1 unspecified atom stereocenters. The van der Waals surface area contributed by atoms with Gasteiger partial charge in [0.05, 0.1) is 18.9 Å². The van der Waals surface area contributed by atoms with Crippen molar-refractivity contribution >= 4 is 35.1 Å². The van der Waals surface area contributed by atoms with Gasteiger partial charge in [-0.3, -0.25) is 9.59 Å². The fourth-order valence-corrected chi connectivity index (χ4v) is 1.58. The number of unbranched alkanes of at least 4 members (excludes halogenated alkanes) is 2. The van der Waals surface area contributed by atoms with Gasteiger partial charge in [0, 0.05) is 0 Å². The quantitative estimate of drug-likeness (QED) is 0.351. The number of hydrogen-bond acceptors (Lipinski definition) is 4. The molecule has 0 aliphatic heterocycles. The van der Waals surface area contributed by atoms with Crippen molar-refractivity contribution in [3.05, 3.63) is 0 Å². The van der Waals surface area contributed by atoms with Crippen LogP contribution in [0.5, 0.6) is 0 Å². The topological polar surface area (TPSA) is 52.6 Å². The molecule has 6 heteroatoms. The average Bonchev–Trinajstić information content (AvgIpc) is 2.34. The first-order chi connectivity index (χ1) is 8.95. The van der Waals surface area contributed by atoms with Gasteiger partial charge in [-0.15, -0.1) is 23.2 Å².